The Hall–Kier alpha value is -3.29. The first kappa shape index (κ1) is 14.1. The molecule has 0 radical (unpaired) electrons. The van der Waals surface area contributed by atoms with Crippen molar-refractivity contribution < 1.29 is 0 Å². The molecule has 1 saturated heterocycles. The maximum atomic E-state index is 4.72. The minimum absolute atomic E-state index is 0.383. The fourth-order valence-corrected chi connectivity index (χ4v) is 3.08. The van der Waals surface area contributed by atoms with Crippen LogP contribution in [-0.2, 0) is 0 Å². The van der Waals surface area contributed by atoms with Crippen LogP contribution >= 0.6 is 0 Å². The number of hydrogen-bond donors (Lipinski definition) is 0. The number of para-hydroxylation sites is 2. The van der Waals surface area contributed by atoms with E-state index in [0.717, 1.165) is 41.4 Å². The second-order valence-electron chi connectivity index (χ2n) is 6.21. The highest BCUT2D eigenvalue weighted by atomic mass is 15.4. The van der Waals surface area contributed by atoms with Crippen LogP contribution in [0.3, 0.4) is 0 Å². The van der Waals surface area contributed by atoms with Crippen LogP contribution in [0.25, 0.3) is 16.7 Å². The number of aromatic nitrogens is 6. The van der Waals surface area contributed by atoms with Gasteiger partial charge in [0.15, 0.2) is 5.65 Å². The SMILES string of the molecule is CN(c1cnc2ccccc2n1)C1CN(c2ccc3nncn3n2)C1. The molecule has 3 aromatic heterocycles. The zero-order chi connectivity index (χ0) is 16.8. The predicted molar refractivity (Wildman–Crippen MR) is 94.7 cm³/mol. The van der Waals surface area contributed by atoms with Crippen LogP contribution in [0.15, 0.2) is 48.9 Å². The average Bonchev–Trinajstić information content (AvgIpc) is 3.08. The van der Waals surface area contributed by atoms with Crippen molar-refractivity contribution in [1.82, 2.24) is 29.8 Å². The van der Waals surface area contributed by atoms with Crippen molar-refractivity contribution in [3.05, 3.63) is 48.9 Å². The maximum Gasteiger partial charge on any atom is 0.177 e. The Morgan fingerprint density at radius 3 is 2.80 bits per heavy atom. The van der Waals surface area contributed by atoms with E-state index in [4.69, 9.17) is 4.98 Å². The summed E-state index contributed by atoms with van der Waals surface area (Å²) in [5.74, 6) is 1.83. The van der Waals surface area contributed by atoms with Crippen LogP contribution < -0.4 is 9.80 Å². The maximum absolute atomic E-state index is 4.72. The Labute approximate surface area is 143 Å². The Bertz CT molecular complexity index is 1050. The first-order chi connectivity index (χ1) is 12.3. The number of hydrogen-bond acceptors (Lipinski definition) is 7. The second kappa shape index (κ2) is 5.37. The fourth-order valence-electron chi connectivity index (χ4n) is 3.08. The normalized spacial score (nSPS) is 14.8. The van der Waals surface area contributed by atoms with Crippen molar-refractivity contribution >= 4 is 28.3 Å². The number of nitrogens with zero attached hydrogens (tertiary/aromatic N) is 8. The highest BCUT2D eigenvalue weighted by Gasteiger charge is 2.32. The molecule has 0 spiro atoms. The van der Waals surface area contributed by atoms with Crippen LogP contribution in [0.1, 0.15) is 0 Å². The zero-order valence-corrected chi connectivity index (χ0v) is 13.7. The highest BCUT2D eigenvalue weighted by Crippen LogP contribution is 2.24. The first-order valence-corrected chi connectivity index (χ1v) is 8.14. The Morgan fingerprint density at radius 2 is 1.92 bits per heavy atom. The molecule has 8 nitrogen and oxygen atoms in total. The minimum Gasteiger partial charge on any atom is -0.352 e. The van der Waals surface area contributed by atoms with E-state index in [1.165, 1.54) is 0 Å². The molecule has 8 heteroatoms. The van der Waals surface area contributed by atoms with Crippen molar-refractivity contribution in [3.63, 3.8) is 0 Å². The lowest BCUT2D eigenvalue weighted by Crippen LogP contribution is -2.59. The zero-order valence-electron chi connectivity index (χ0n) is 13.7. The van der Waals surface area contributed by atoms with Crippen LogP contribution in [0.2, 0.25) is 0 Å². The third-order valence-corrected chi connectivity index (χ3v) is 4.68. The van der Waals surface area contributed by atoms with Gasteiger partial charge in [-0.2, -0.15) is 4.52 Å². The second-order valence-corrected chi connectivity index (χ2v) is 6.21. The molecular weight excluding hydrogens is 316 g/mol. The van der Waals surface area contributed by atoms with Crippen LogP contribution in [0, 0.1) is 0 Å². The molecule has 0 amide bonds. The number of benzene rings is 1. The van der Waals surface area contributed by atoms with Gasteiger partial charge in [-0.3, -0.25) is 4.98 Å². The number of anilines is 2. The van der Waals surface area contributed by atoms with Crippen LogP contribution in [0.4, 0.5) is 11.6 Å². The first-order valence-electron chi connectivity index (χ1n) is 8.14. The van der Waals surface area contributed by atoms with Gasteiger partial charge < -0.3 is 9.80 Å². The molecule has 1 aromatic carbocycles. The molecule has 0 aliphatic carbocycles. The molecule has 0 bridgehead atoms. The third-order valence-electron chi connectivity index (χ3n) is 4.68. The van der Waals surface area contributed by atoms with Crippen molar-refractivity contribution in [3.8, 4) is 0 Å². The van der Waals surface area contributed by atoms with E-state index in [2.05, 4.69) is 37.1 Å². The predicted octanol–water partition coefficient (Wildman–Crippen LogP) is 1.39. The Morgan fingerprint density at radius 1 is 1.08 bits per heavy atom. The van der Waals surface area contributed by atoms with Crippen molar-refractivity contribution in [2.75, 3.05) is 29.9 Å². The van der Waals surface area contributed by atoms with Gasteiger partial charge in [0.25, 0.3) is 0 Å². The van der Waals surface area contributed by atoms with Gasteiger partial charge in [0.05, 0.1) is 23.3 Å². The summed E-state index contributed by atoms with van der Waals surface area (Å²) in [6.45, 7) is 1.79. The van der Waals surface area contributed by atoms with Crippen LogP contribution in [-0.4, -0.2) is 56.0 Å². The molecule has 0 saturated carbocycles. The lowest BCUT2D eigenvalue weighted by atomic mass is 10.1. The molecule has 0 unspecified atom stereocenters. The van der Waals surface area contributed by atoms with E-state index in [0.29, 0.717) is 6.04 Å². The molecular formula is C17H16N8. The molecule has 124 valence electrons. The van der Waals surface area contributed by atoms with Gasteiger partial charge in [-0.1, -0.05) is 12.1 Å². The van der Waals surface area contributed by atoms with Crippen molar-refractivity contribution in [2.24, 2.45) is 0 Å². The summed E-state index contributed by atoms with van der Waals surface area (Å²) in [4.78, 5) is 13.6. The molecule has 1 fully saturated rings. The van der Waals surface area contributed by atoms with E-state index >= 15 is 0 Å². The molecule has 0 N–H and O–H groups in total. The lowest BCUT2D eigenvalue weighted by molar-refractivity contribution is 0.487. The van der Waals surface area contributed by atoms with E-state index in [9.17, 15) is 0 Å². The monoisotopic (exact) mass is 332 g/mol. The molecule has 1 aliphatic rings. The van der Waals surface area contributed by atoms with Gasteiger partial charge >= 0.3 is 0 Å². The number of rotatable bonds is 3. The molecule has 5 rings (SSSR count). The van der Waals surface area contributed by atoms with Crippen molar-refractivity contribution in [2.45, 2.75) is 6.04 Å². The summed E-state index contributed by atoms with van der Waals surface area (Å²) < 4.78 is 1.70. The lowest BCUT2D eigenvalue weighted by Gasteiger charge is -2.44. The summed E-state index contributed by atoms with van der Waals surface area (Å²) in [7, 11) is 2.07. The van der Waals surface area contributed by atoms with Crippen LogP contribution in [0.5, 0.6) is 0 Å². The average molecular weight is 332 g/mol. The molecule has 25 heavy (non-hydrogen) atoms. The number of likely N-dealkylation sites (N-methyl/N-ethyl adjacent to an activating group) is 1. The third kappa shape index (κ3) is 2.34. The Kier molecular flexibility index (Phi) is 3.03. The summed E-state index contributed by atoms with van der Waals surface area (Å²) in [6.07, 6.45) is 3.46. The van der Waals surface area contributed by atoms with E-state index < -0.39 is 0 Å². The van der Waals surface area contributed by atoms with Gasteiger partial charge in [-0.15, -0.1) is 15.3 Å². The number of fused-ring (bicyclic) bond motifs is 2. The van der Waals surface area contributed by atoms with Crippen molar-refractivity contribution in [1.29, 1.82) is 0 Å². The van der Waals surface area contributed by atoms with E-state index in [1.54, 1.807) is 10.8 Å². The molecule has 1 aliphatic heterocycles. The summed E-state index contributed by atoms with van der Waals surface area (Å²) >= 11 is 0. The van der Waals surface area contributed by atoms with Gasteiger partial charge in [-0.05, 0) is 24.3 Å². The Balaban J connectivity index is 1.33. The summed E-state index contributed by atoms with van der Waals surface area (Å²) in [5, 5.41) is 12.4. The molecule has 0 atom stereocenters. The smallest absolute Gasteiger partial charge is 0.177 e. The summed E-state index contributed by atoms with van der Waals surface area (Å²) in [6, 6.07) is 12.2. The minimum atomic E-state index is 0.383. The summed E-state index contributed by atoms with van der Waals surface area (Å²) in [5.41, 5.74) is 2.59. The van der Waals surface area contributed by atoms with Gasteiger partial charge in [0.1, 0.15) is 18.0 Å². The topological polar surface area (TPSA) is 75.3 Å². The van der Waals surface area contributed by atoms with Gasteiger partial charge in [0, 0.05) is 20.1 Å². The van der Waals surface area contributed by atoms with E-state index in [1.807, 2.05) is 42.6 Å². The van der Waals surface area contributed by atoms with E-state index in [-0.39, 0.29) is 0 Å². The molecule has 4 heterocycles. The highest BCUT2D eigenvalue weighted by molar-refractivity contribution is 5.75. The van der Waals surface area contributed by atoms with Gasteiger partial charge in [-0.25, -0.2) is 4.98 Å². The quantitative estimate of drug-likeness (QED) is 0.561. The van der Waals surface area contributed by atoms with Gasteiger partial charge in [0.2, 0.25) is 0 Å². The standard InChI is InChI=1S/C17H16N8/c1-23(17-8-18-13-4-2-3-5-14(13)20-17)12-9-24(10-12)16-7-6-15-21-19-11-25(15)22-16/h2-8,11-12H,9-10H2,1H3. The fraction of sp³-hybridized carbons (Fsp3) is 0.235. The largest absolute Gasteiger partial charge is 0.352 e. The molecule has 4 aromatic rings.